The van der Waals surface area contributed by atoms with Crippen LogP contribution in [0.1, 0.15) is 17.0 Å². The van der Waals surface area contributed by atoms with Gasteiger partial charge >= 0.3 is 0 Å². The molecule has 0 aliphatic rings. The van der Waals surface area contributed by atoms with Crippen LogP contribution in [0.25, 0.3) is 10.9 Å². The van der Waals surface area contributed by atoms with Crippen LogP contribution in [0.3, 0.4) is 0 Å². The molecule has 0 saturated heterocycles. The number of fused-ring (bicyclic) bond motifs is 1. The number of aliphatic hydroxyl groups excluding tert-OH is 1. The largest absolute Gasteiger partial charge is 0.392 e. The average molecular weight is 272 g/mol. The number of methoxy groups -OCH3 is 1. The van der Waals surface area contributed by atoms with Gasteiger partial charge in [-0.15, -0.1) is 0 Å². The Labute approximate surface area is 116 Å². The molecule has 1 N–H and O–H groups in total. The van der Waals surface area contributed by atoms with Crippen molar-refractivity contribution in [2.75, 3.05) is 7.11 Å². The molecule has 0 saturated carbocycles. The highest BCUT2D eigenvalue weighted by Gasteiger charge is 2.10. The molecule has 0 bridgehead atoms. The zero-order valence-corrected chi connectivity index (χ0v) is 11.2. The first-order valence-electron chi connectivity index (χ1n) is 6.43. The predicted molar refractivity (Wildman–Crippen MR) is 74.2 cm³/mol. The quantitative estimate of drug-likeness (QED) is 0.774. The van der Waals surface area contributed by atoms with Gasteiger partial charge in [0.2, 0.25) is 0 Å². The van der Waals surface area contributed by atoms with Gasteiger partial charge in [0.15, 0.2) is 5.76 Å². The molecular formula is C15H16N2O3. The fourth-order valence-corrected chi connectivity index (χ4v) is 2.39. The summed E-state index contributed by atoms with van der Waals surface area (Å²) in [7, 11) is 1.62. The van der Waals surface area contributed by atoms with Crippen molar-refractivity contribution < 1.29 is 14.4 Å². The van der Waals surface area contributed by atoms with Crippen LogP contribution in [0.4, 0.5) is 0 Å². The second kappa shape index (κ2) is 5.48. The lowest BCUT2D eigenvalue weighted by molar-refractivity contribution is 0.155. The maximum Gasteiger partial charge on any atom is 0.162 e. The Balaban J connectivity index is 1.93. The Bertz CT molecular complexity index is 715. The number of benzene rings is 1. The number of hydrogen-bond acceptors (Lipinski definition) is 4. The van der Waals surface area contributed by atoms with Gasteiger partial charge in [-0.25, -0.2) is 0 Å². The van der Waals surface area contributed by atoms with E-state index in [-0.39, 0.29) is 6.61 Å². The van der Waals surface area contributed by atoms with Crippen LogP contribution in [0.2, 0.25) is 0 Å². The number of ether oxygens (including phenoxy) is 1. The summed E-state index contributed by atoms with van der Waals surface area (Å²) < 4.78 is 12.3. The fourth-order valence-electron chi connectivity index (χ4n) is 2.39. The zero-order chi connectivity index (χ0) is 13.9. The van der Waals surface area contributed by atoms with Gasteiger partial charge in [0.05, 0.1) is 13.2 Å². The van der Waals surface area contributed by atoms with E-state index in [9.17, 15) is 5.11 Å². The van der Waals surface area contributed by atoms with E-state index in [0.717, 1.165) is 22.2 Å². The van der Waals surface area contributed by atoms with Gasteiger partial charge in [0.1, 0.15) is 12.3 Å². The lowest BCUT2D eigenvalue weighted by Gasteiger charge is -2.01. The molecule has 2 heterocycles. The molecule has 0 aliphatic carbocycles. The summed E-state index contributed by atoms with van der Waals surface area (Å²) in [6, 6.07) is 9.88. The highest BCUT2D eigenvalue weighted by atomic mass is 16.5. The van der Waals surface area contributed by atoms with Crippen molar-refractivity contribution in [1.82, 2.24) is 9.72 Å². The predicted octanol–water partition coefficient (Wildman–Crippen LogP) is 2.32. The summed E-state index contributed by atoms with van der Waals surface area (Å²) in [5, 5.41) is 14.5. The van der Waals surface area contributed by atoms with E-state index < -0.39 is 0 Å². The van der Waals surface area contributed by atoms with Crippen molar-refractivity contribution in [2.24, 2.45) is 0 Å². The van der Waals surface area contributed by atoms with Gasteiger partial charge in [-0.3, -0.25) is 0 Å². The topological polar surface area (TPSA) is 60.4 Å². The summed E-state index contributed by atoms with van der Waals surface area (Å²) in [6.45, 7) is 1.05. The summed E-state index contributed by atoms with van der Waals surface area (Å²) in [5.74, 6) is 0.710. The monoisotopic (exact) mass is 272 g/mol. The first-order chi connectivity index (χ1) is 9.81. The van der Waals surface area contributed by atoms with E-state index in [0.29, 0.717) is 18.9 Å². The van der Waals surface area contributed by atoms with Crippen LogP contribution in [0.15, 0.2) is 41.1 Å². The molecule has 0 amide bonds. The SMILES string of the molecule is COCc1cc(Cn2cc(CO)c3ccccc32)no1. The van der Waals surface area contributed by atoms with Crippen molar-refractivity contribution in [3.63, 3.8) is 0 Å². The second-order valence-corrected chi connectivity index (χ2v) is 4.68. The van der Waals surface area contributed by atoms with Crippen LogP contribution in [0.5, 0.6) is 0 Å². The number of nitrogens with zero attached hydrogens (tertiary/aromatic N) is 2. The van der Waals surface area contributed by atoms with E-state index in [4.69, 9.17) is 9.26 Å². The average Bonchev–Trinajstić information content (AvgIpc) is 3.05. The Morgan fingerprint density at radius 1 is 1.35 bits per heavy atom. The van der Waals surface area contributed by atoms with Gasteiger partial charge in [-0.2, -0.15) is 0 Å². The summed E-state index contributed by atoms with van der Waals surface area (Å²) in [4.78, 5) is 0. The Kier molecular flexibility index (Phi) is 3.54. The van der Waals surface area contributed by atoms with Crippen LogP contribution in [-0.4, -0.2) is 21.9 Å². The molecule has 0 radical (unpaired) electrons. The van der Waals surface area contributed by atoms with Crippen molar-refractivity contribution in [3.8, 4) is 0 Å². The van der Waals surface area contributed by atoms with Crippen LogP contribution >= 0.6 is 0 Å². The molecule has 2 aromatic heterocycles. The fraction of sp³-hybridized carbons (Fsp3) is 0.267. The zero-order valence-electron chi connectivity index (χ0n) is 11.2. The molecule has 5 heteroatoms. The summed E-state index contributed by atoms with van der Waals surface area (Å²) >= 11 is 0. The molecule has 104 valence electrons. The van der Waals surface area contributed by atoms with Crippen molar-refractivity contribution >= 4 is 10.9 Å². The van der Waals surface area contributed by atoms with Gasteiger partial charge < -0.3 is 18.9 Å². The molecule has 0 atom stereocenters. The standard InChI is InChI=1S/C15H16N2O3/c1-19-10-13-6-12(16-20-13)8-17-7-11(9-18)14-4-2-3-5-15(14)17/h2-7,18H,8-10H2,1H3. The summed E-state index contributed by atoms with van der Waals surface area (Å²) in [5.41, 5.74) is 2.83. The van der Waals surface area contributed by atoms with Gasteiger partial charge in [-0.1, -0.05) is 23.4 Å². The van der Waals surface area contributed by atoms with E-state index in [2.05, 4.69) is 9.72 Å². The number of hydrogen-bond donors (Lipinski definition) is 1. The number of aliphatic hydroxyl groups is 1. The van der Waals surface area contributed by atoms with Crippen LogP contribution < -0.4 is 0 Å². The van der Waals surface area contributed by atoms with Gasteiger partial charge in [-0.05, 0) is 6.07 Å². The molecule has 20 heavy (non-hydrogen) atoms. The smallest absolute Gasteiger partial charge is 0.162 e. The van der Waals surface area contributed by atoms with E-state index in [1.54, 1.807) is 7.11 Å². The lowest BCUT2D eigenvalue weighted by atomic mass is 10.2. The third-order valence-electron chi connectivity index (χ3n) is 3.27. The maximum atomic E-state index is 9.43. The van der Waals surface area contributed by atoms with Crippen molar-refractivity contribution in [3.05, 3.63) is 53.5 Å². The van der Waals surface area contributed by atoms with E-state index in [1.807, 2.05) is 36.5 Å². The van der Waals surface area contributed by atoms with Gasteiger partial charge in [0, 0.05) is 35.8 Å². The minimum Gasteiger partial charge on any atom is -0.392 e. The first-order valence-corrected chi connectivity index (χ1v) is 6.43. The molecule has 3 aromatic rings. The minimum absolute atomic E-state index is 0.0290. The Morgan fingerprint density at radius 2 is 2.20 bits per heavy atom. The molecular weight excluding hydrogens is 256 g/mol. The first kappa shape index (κ1) is 12.9. The minimum atomic E-state index is 0.0290. The molecule has 3 rings (SSSR count). The highest BCUT2D eigenvalue weighted by Crippen LogP contribution is 2.22. The molecule has 1 aromatic carbocycles. The molecule has 0 unspecified atom stereocenters. The summed E-state index contributed by atoms with van der Waals surface area (Å²) in [6.07, 6.45) is 1.95. The number of aromatic nitrogens is 2. The Hall–Kier alpha value is -2.11. The molecule has 0 fully saturated rings. The lowest BCUT2D eigenvalue weighted by Crippen LogP contribution is -1.97. The van der Waals surface area contributed by atoms with Crippen LogP contribution in [0, 0.1) is 0 Å². The second-order valence-electron chi connectivity index (χ2n) is 4.68. The third kappa shape index (κ3) is 2.33. The Morgan fingerprint density at radius 3 is 3.00 bits per heavy atom. The normalized spacial score (nSPS) is 11.3. The number of rotatable bonds is 5. The highest BCUT2D eigenvalue weighted by molar-refractivity contribution is 5.83. The van der Waals surface area contributed by atoms with Crippen LogP contribution in [-0.2, 0) is 24.5 Å². The van der Waals surface area contributed by atoms with Crippen molar-refractivity contribution in [1.29, 1.82) is 0 Å². The van der Waals surface area contributed by atoms with E-state index in [1.165, 1.54) is 0 Å². The molecule has 0 aliphatic heterocycles. The van der Waals surface area contributed by atoms with Gasteiger partial charge in [0.25, 0.3) is 0 Å². The number of para-hydroxylation sites is 1. The molecule has 5 nitrogen and oxygen atoms in total. The van der Waals surface area contributed by atoms with Crippen molar-refractivity contribution in [2.45, 2.75) is 19.8 Å². The molecule has 0 spiro atoms. The third-order valence-corrected chi connectivity index (χ3v) is 3.27. The van der Waals surface area contributed by atoms with E-state index >= 15 is 0 Å². The maximum absolute atomic E-state index is 9.43.